The molecule has 3 heteroatoms. The predicted molar refractivity (Wildman–Crippen MR) is 56.5 cm³/mol. The summed E-state index contributed by atoms with van der Waals surface area (Å²) in [5.41, 5.74) is 0.774. The molecule has 16 heavy (non-hydrogen) atoms. The minimum absolute atomic E-state index is 0.0826. The lowest BCUT2D eigenvalue weighted by atomic mass is 10.0. The molecular weight excluding hydrogens is 208 g/mol. The molecule has 0 aromatic heterocycles. The molecule has 0 saturated heterocycles. The van der Waals surface area contributed by atoms with E-state index < -0.39 is 11.6 Å². The molecule has 0 amide bonds. The Balaban J connectivity index is 2.59. The Morgan fingerprint density at radius 1 is 0.938 bits per heavy atom. The van der Waals surface area contributed by atoms with Gasteiger partial charge in [-0.1, -0.05) is 24.3 Å². The lowest BCUT2D eigenvalue weighted by molar-refractivity contribution is 0.622. The van der Waals surface area contributed by atoms with Crippen LogP contribution in [0.3, 0.4) is 0 Å². The Kier molecular flexibility index (Phi) is 2.65. The van der Waals surface area contributed by atoms with Crippen LogP contribution in [0.15, 0.2) is 42.5 Å². The van der Waals surface area contributed by atoms with Gasteiger partial charge in [0.15, 0.2) is 0 Å². The number of nitrogens with zero attached hydrogens (tertiary/aromatic N) is 1. The van der Waals surface area contributed by atoms with Gasteiger partial charge in [-0.3, -0.25) is 0 Å². The molecule has 2 rings (SSSR count). The van der Waals surface area contributed by atoms with Crippen LogP contribution in [0.2, 0.25) is 0 Å². The van der Waals surface area contributed by atoms with E-state index in [1.54, 1.807) is 24.3 Å². The van der Waals surface area contributed by atoms with Gasteiger partial charge in [0, 0.05) is 5.56 Å². The van der Waals surface area contributed by atoms with E-state index in [0.29, 0.717) is 11.1 Å². The van der Waals surface area contributed by atoms with E-state index in [1.807, 2.05) is 0 Å². The van der Waals surface area contributed by atoms with E-state index in [0.717, 1.165) is 0 Å². The first-order chi connectivity index (χ1) is 7.72. The number of hydrogen-bond donors (Lipinski definition) is 0. The molecule has 0 spiro atoms. The summed E-state index contributed by atoms with van der Waals surface area (Å²) < 4.78 is 26.5. The summed E-state index contributed by atoms with van der Waals surface area (Å²) in [5.74, 6) is -0.986. The van der Waals surface area contributed by atoms with Crippen LogP contribution in [0.5, 0.6) is 0 Å². The molecule has 0 bridgehead atoms. The Morgan fingerprint density at radius 2 is 1.69 bits per heavy atom. The molecule has 0 atom stereocenters. The first kappa shape index (κ1) is 10.3. The molecule has 1 nitrogen and oxygen atoms in total. The number of rotatable bonds is 1. The van der Waals surface area contributed by atoms with E-state index >= 15 is 0 Å². The van der Waals surface area contributed by atoms with Gasteiger partial charge in [-0.15, -0.1) is 0 Å². The Bertz CT molecular complexity index is 570. The van der Waals surface area contributed by atoms with Crippen molar-refractivity contribution in [3.63, 3.8) is 0 Å². The third kappa shape index (κ3) is 1.78. The standard InChI is InChI=1S/C13H7F2N/c14-12-6-5-9(7-10(12)8-16)11-3-1-2-4-13(11)15/h1-7H. The van der Waals surface area contributed by atoms with E-state index in [2.05, 4.69) is 0 Å². The third-order valence-corrected chi connectivity index (χ3v) is 2.27. The van der Waals surface area contributed by atoms with Crippen LogP contribution >= 0.6 is 0 Å². The van der Waals surface area contributed by atoms with Crippen LogP contribution < -0.4 is 0 Å². The largest absolute Gasteiger partial charge is 0.206 e. The molecule has 0 fully saturated rings. The van der Waals surface area contributed by atoms with Crippen molar-refractivity contribution in [1.82, 2.24) is 0 Å². The van der Waals surface area contributed by atoms with Crippen molar-refractivity contribution in [3.05, 3.63) is 59.7 Å². The molecule has 0 aliphatic carbocycles. The van der Waals surface area contributed by atoms with Crippen molar-refractivity contribution in [3.8, 4) is 17.2 Å². The summed E-state index contributed by atoms with van der Waals surface area (Å²) in [6, 6.07) is 11.9. The summed E-state index contributed by atoms with van der Waals surface area (Å²) in [7, 11) is 0. The predicted octanol–water partition coefficient (Wildman–Crippen LogP) is 3.50. The average Bonchev–Trinajstić information content (AvgIpc) is 2.31. The van der Waals surface area contributed by atoms with Crippen molar-refractivity contribution in [1.29, 1.82) is 5.26 Å². The molecule has 0 heterocycles. The smallest absolute Gasteiger partial charge is 0.140 e. The summed E-state index contributed by atoms with van der Waals surface area (Å²) in [5, 5.41) is 8.68. The number of benzene rings is 2. The van der Waals surface area contributed by atoms with Gasteiger partial charge in [-0.25, -0.2) is 8.78 Å². The molecule has 0 N–H and O–H groups in total. The molecule has 0 aliphatic heterocycles. The topological polar surface area (TPSA) is 23.8 Å². The minimum atomic E-state index is -0.595. The maximum Gasteiger partial charge on any atom is 0.140 e. The van der Waals surface area contributed by atoms with E-state index in [9.17, 15) is 8.78 Å². The van der Waals surface area contributed by atoms with Gasteiger partial charge in [0.2, 0.25) is 0 Å². The monoisotopic (exact) mass is 215 g/mol. The Labute approximate surface area is 91.6 Å². The normalized spacial score (nSPS) is 9.81. The van der Waals surface area contributed by atoms with Gasteiger partial charge in [-0.05, 0) is 23.8 Å². The molecule has 0 saturated carbocycles. The highest BCUT2D eigenvalue weighted by Crippen LogP contribution is 2.24. The van der Waals surface area contributed by atoms with Crippen LogP contribution in [0.4, 0.5) is 8.78 Å². The van der Waals surface area contributed by atoms with Crippen LogP contribution in [0.25, 0.3) is 11.1 Å². The SMILES string of the molecule is N#Cc1cc(-c2ccccc2F)ccc1F. The fourth-order valence-corrected chi connectivity index (χ4v) is 1.47. The number of nitriles is 1. The van der Waals surface area contributed by atoms with Crippen molar-refractivity contribution in [2.45, 2.75) is 0 Å². The van der Waals surface area contributed by atoms with E-state index in [-0.39, 0.29) is 5.56 Å². The van der Waals surface area contributed by atoms with Crippen LogP contribution in [0.1, 0.15) is 5.56 Å². The maximum atomic E-state index is 13.4. The molecule has 0 aliphatic rings. The molecule has 0 radical (unpaired) electrons. The first-order valence-corrected chi connectivity index (χ1v) is 4.67. The molecular formula is C13H7F2N. The highest BCUT2D eigenvalue weighted by molar-refractivity contribution is 5.65. The lowest BCUT2D eigenvalue weighted by Crippen LogP contribution is -1.88. The van der Waals surface area contributed by atoms with Gasteiger partial charge in [-0.2, -0.15) is 5.26 Å². The quantitative estimate of drug-likeness (QED) is 0.714. The summed E-state index contributed by atoms with van der Waals surface area (Å²) >= 11 is 0. The average molecular weight is 215 g/mol. The Hall–Kier alpha value is -2.21. The highest BCUT2D eigenvalue weighted by atomic mass is 19.1. The second kappa shape index (κ2) is 4.11. The van der Waals surface area contributed by atoms with Gasteiger partial charge in [0.25, 0.3) is 0 Å². The van der Waals surface area contributed by atoms with E-state index in [1.165, 1.54) is 24.3 Å². The van der Waals surface area contributed by atoms with Gasteiger partial charge in [0.05, 0.1) is 5.56 Å². The third-order valence-electron chi connectivity index (χ3n) is 2.27. The zero-order valence-corrected chi connectivity index (χ0v) is 8.24. The summed E-state index contributed by atoms with van der Waals surface area (Å²) in [6.07, 6.45) is 0. The van der Waals surface area contributed by atoms with Gasteiger partial charge < -0.3 is 0 Å². The molecule has 0 unspecified atom stereocenters. The molecule has 78 valence electrons. The summed E-state index contributed by atoms with van der Waals surface area (Å²) in [6.45, 7) is 0. The van der Waals surface area contributed by atoms with Crippen molar-refractivity contribution < 1.29 is 8.78 Å². The van der Waals surface area contributed by atoms with Gasteiger partial charge >= 0.3 is 0 Å². The van der Waals surface area contributed by atoms with Gasteiger partial charge in [0.1, 0.15) is 17.7 Å². The number of hydrogen-bond acceptors (Lipinski definition) is 1. The number of halogens is 2. The van der Waals surface area contributed by atoms with Crippen LogP contribution in [-0.4, -0.2) is 0 Å². The zero-order valence-electron chi connectivity index (χ0n) is 8.24. The first-order valence-electron chi connectivity index (χ1n) is 4.67. The maximum absolute atomic E-state index is 13.4. The fraction of sp³-hybridized carbons (Fsp3) is 0. The second-order valence-electron chi connectivity index (χ2n) is 3.29. The van der Waals surface area contributed by atoms with E-state index in [4.69, 9.17) is 5.26 Å². The van der Waals surface area contributed by atoms with Crippen molar-refractivity contribution in [2.75, 3.05) is 0 Å². The molecule has 2 aromatic rings. The fourth-order valence-electron chi connectivity index (χ4n) is 1.47. The lowest BCUT2D eigenvalue weighted by Gasteiger charge is -2.03. The molecule has 2 aromatic carbocycles. The van der Waals surface area contributed by atoms with Crippen molar-refractivity contribution in [2.24, 2.45) is 0 Å². The Morgan fingerprint density at radius 3 is 2.38 bits per heavy atom. The minimum Gasteiger partial charge on any atom is -0.206 e. The zero-order chi connectivity index (χ0) is 11.5. The summed E-state index contributed by atoms with van der Waals surface area (Å²) in [4.78, 5) is 0. The second-order valence-corrected chi connectivity index (χ2v) is 3.29. The van der Waals surface area contributed by atoms with Crippen molar-refractivity contribution >= 4 is 0 Å². The highest BCUT2D eigenvalue weighted by Gasteiger charge is 2.07. The van der Waals surface area contributed by atoms with Crippen LogP contribution in [-0.2, 0) is 0 Å². The van der Waals surface area contributed by atoms with Crippen LogP contribution in [0, 0.1) is 23.0 Å².